The van der Waals surface area contributed by atoms with Gasteiger partial charge in [0.1, 0.15) is 28.4 Å². The molecule has 0 amide bonds. The van der Waals surface area contributed by atoms with E-state index in [1.807, 2.05) is 0 Å². The second kappa shape index (κ2) is 7.37. The first-order chi connectivity index (χ1) is 13.8. The first kappa shape index (κ1) is 19.2. The molecule has 8 nitrogen and oxygen atoms in total. The van der Waals surface area contributed by atoms with Gasteiger partial charge in [-0.25, -0.2) is 22.8 Å². The molecule has 4 rings (SSSR count). The molecule has 0 aliphatic heterocycles. The lowest BCUT2D eigenvalue weighted by atomic mass is 10.2. The Kier molecular flexibility index (Phi) is 4.89. The molecule has 0 aliphatic carbocycles. The van der Waals surface area contributed by atoms with Crippen LogP contribution in [0.15, 0.2) is 58.3 Å². The number of aryl methyl sites for hydroxylation is 1. The van der Waals surface area contributed by atoms with Crippen LogP contribution in [0.25, 0.3) is 22.9 Å². The van der Waals surface area contributed by atoms with Crippen molar-refractivity contribution in [1.29, 1.82) is 0 Å². The van der Waals surface area contributed by atoms with Crippen LogP contribution < -0.4 is 0 Å². The first-order valence-electron chi connectivity index (χ1n) is 8.33. The lowest BCUT2D eigenvalue weighted by Gasteiger charge is -2.06. The van der Waals surface area contributed by atoms with Crippen molar-refractivity contribution in [2.24, 2.45) is 0 Å². The molecule has 0 saturated heterocycles. The van der Waals surface area contributed by atoms with E-state index in [1.165, 1.54) is 19.3 Å². The van der Waals surface area contributed by atoms with Gasteiger partial charge in [0, 0.05) is 22.3 Å². The minimum absolute atomic E-state index is 0.141. The first-order valence-corrected chi connectivity index (χ1v) is 10.6. The summed E-state index contributed by atoms with van der Waals surface area (Å²) in [4.78, 5) is 8.09. The van der Waals surface area contributed by atoms with E-state index in [4.69, 9.17) is 15.2 Å². The van der Waals surface area contributed by atoms with E-state index >= 15 is 0 Å². The topological polar surface area (TPSA) is 104 Å². The van der Waals surface area contributed by atoms with Crippen molar-refractivity contribution in [2.75, 3.05) is 0 Å². The summed E-state index contributed by atoms with van der Waals surface area (Å²) in [6.45, 7) is 1.65. The lowest BCUT2D eigenvalue weighted by Crippen LogP contribution is -2.06. The largest absolute Gasteiger partial charge is 0.364 e. The van der Waals surface area contributed by atoms with Gasteiger partial charge in [-0.15, -0.1) is 0 Å². The highest BCUT2D eigenvalue weighted by molar-refractivity contribution is 8.13. The Balaban J connectivity index is 1.80. The number of benzene rings is 1. The average Bonchev–Trinajstić information content (AvgIpc) is 3.32. The smallest absolute Gasteiger partial charge is 0.264 e. The molecule has 0 spiro atoms. The Labute approximate surface area is 169 Å². The number of hydrogen-bond acceptors (Lipinski definition) is 7. The second-order valence-corrected chi connectivity index (χ2v) is 8.66. The summed E-state index contributed by atoms with van der Waals surface area (Å²) in [5, 5.41) is 8.38. The third-order valence-electron chi connectivity index (χ3n) is 4.18. The summed E-state index contributed by atoms with van der Waals surface area (Å²) in [6.07, 6.45) is 2.54. The predicted octanol–water partition coefficient (Wildman–Crippen LogP) is 3.42. The van der Waals surface area contributed by atoms with Gasteiger partial charge in [0.2, 0.25) is 0 Å². The van der Waals surface area contributed by atoms with E-state index in [1.54, 1.807) is 35.0 Å². The van der Waals surface area contributed by atoms with Gasteiger partial charge in [0.25, 0.3) is 9.05 Å². The summed E-state index contributed by atoms with van der Waals surface area (Å²) < 4.78 is 43.7. The van der Waals surface area contributed by atoms with Crippen LogP contribution >= 0.6 is 10.7 Å². The molecule has 3 heterocycles. The fourth-order valence-electron chi connectivity index (χ4n) is 2.80. The minimum Gasteiger partial charge on any atom is -0.364 e. The Morgan fingerprint density at radius 1 is 1.21 bits per heavy atom. The van der Waals surface area contributed by atoms with Crippen LogP contribution in [-0.4, -0.2) is 33.3 Å². The van der Waals surface area contributed by atoms with Gasteiger partial charge in [-0.1, -0.05) is 23.4 Å². The third-order valence-corrected chi connectivity index (χ3v) is 5.61. The van der Waals surface area contributed by atoms with Crippen molar-refractivity contribution >= 4 is 19.7 Å². The van der Waals surface area contributed by atoms with Crippen molar-refractivity contribution in [3.63, 3.8) is 0 Å². The number of halogens is 2. The summed E-state index contributed by atoms with van der Waals surface area (Å²) in [5.74, 6) is -0.164. The Morgan fingerprint density at radius 3 is 2.66 bits per heavy atom. The molecule has 0 aliphatic rings. The van der Waals surface area contributed by atoms with Gasteiger partial charge in [0.05, 0.1) is 24.1 Å². The Bertz CT molecular complexity index is 1290. The predicted molar refractivity (Wildman–Crippen MR) is 102 cm³/mol. The fraction of sp³-hybridized carbons (Fsp3) is 0.111. The van der Waals surface area contributed by atoms with E-state index in [9.17, 15) is 12.8 Å². The van der Waals surface area contributed by atoms with Gasteiger partial charge >= 0.3 is 0 Å². The van der Waals surface area contributed by atoms with Crippen molar-refractivity contribution < 1.29 is 17.3 Å². The van der Waals surface area contributed by atoms with E-state index < -0.39 is 9.05 Å². The van der Waals surface area contributed by atoms with Crippen LogP contribution in [-0.2, 0) is 15.6 Å². The third kappa shape index (κ3) is 3.89. The molecule has 0 saturated carbocycles. The monoisotopic (exact) mass is 433 g/mol. The molecule has 148 valence electrons. The fourth-order valence-corrected chi connectivity index (χ4v) is 3.84. The van der Waals surface area contributed by atoms with Gasteiger partial charge in [-0.2, -0.15) is 5.10 Å². The molecule has 4 aromatic rings. The standard InChI is InChI=1S/C18H13ClFN5O3S/c1-11-17(29(19,26)27)9-21-18(22-11)15-8-16(14-6-7-28-24-14)25(23-15)10-12-4-2-3-5-13(12)20/h2-9H,10H2,1H3. The molecule has 0 bridgehead atoms. The van der Waals surface area contributed by atoms with Crippen LogP contribution in [0.4, 0.5) is 4.39 Å². The van der Waals surface area contributed by atoms with E-state index in [-0.39, 0.29) is 28.8 Å². The number of rotatable bonds is 5. The van der Waals surface area contributed by atoms with Crippen LogP contribution in [0.5, 0.6) is 0 Å². The maximum Gasteiger partial charge on any atom is 0.264 e. The molecule has 3 aromatic heterocycles. The highest BCUT2D eigenvalue weighted by Crippen LogP contribution is 2.26. The van der Waals surface area contributed by atoms with Crippen LogP contribution in [0.2, 0.25) is 0 Å². The van der Waals surface area contributed by atoms with Crippen LogP contribution in [0.3, 0.4) is 0 Å². The highest BCUT2D eigenvalue weighted by Gasteiger charge is 2.20. The van der Waals surface area contributed by atoms with Crippen molar-refractivity contribution in [1.82, 2.24) is 24.9 Å². The SMILES string of the molecule is Cc1nc(-c2cc(-c3ccon3)n(Cc3ccccc3F)n2)ncc1S(=O)(=O)Cl. The van der Waals surface area contributed by atoms with Crippen molar-refractivity contribution in [3.8, 4) is 22.9 Å². The molecule has 0 N–H and O–H groups in total. The molecular weight excluding hydrogens is 421 g/mol. The van der Waals surface area contributed by atoms with Crippen LogP contribution in [0, 0.1) is 12.7 Å². The number of aromatic nitrogens is 5. The Morgan fingerprint density at radius 2 is 2.00 bits per heavy atom. The second-order valence-electron chi connectivity index (χ2n) is 6.13. The molecule has 1 aromatic carbocycles. The number of hydrogen-bond donors (Lipinski definition) is 0. The van der Waals surface area contributed by atoms with Gasteiger partial charge in [0.15, 0.2) is 5.82 Å². The average molecular weight is 434 g/mol. The lowest BCUT2D eigenvalue weighted by molar-refractivity contribution is 0.421. The van der Waals surface area contributed by atoms with Gasteiger partial charge in [-0.3, -0.25) is 4.68 Å². The molecule has 0 unspecified atom stereocenters. The zero-order valence-electron chi connectivity index (χ0n) is 15.0. The zero-order valence-corrected chi connectivity index (χ0v) is 16.5. The Hall–Kier alpha value is -3.11. The summed E-state index contributed by atoms with van der Waals surface area (Å²) in [7, 11) is 1.42. The zero-order chi connectivity index (χ0) is 20.6. The van der Waals surface area contributed by atoms with Crippen molar-refractivity contribution in [3.05, 3.63) is 65.9 Å². The molecule has 0 fully saturated rings. The summed E-state index contributed by atoms with van der Waals surface area (Å²) >= 11 is 0. The quantitative estimate of drug-likeness (QED) is 0.444. The molecule has 0 radical (unpaired) electrons. The van der Waals surface area contributed by atoms with Gasteiger partial charge in [-0.05, 0) is 19.1 Å². The van der Waals surface area contributed by atoms with Crippen LogP contribution in [0.1, 0.15) is 11.3 Å². The summed E-state index contributed by atoms with van der Waals surface area (Å²) in [5.41, 5.74) is 2.05. The molecule has 29 heavy (non-hydrogen) atoms. The number of nitrogens with zero attached hydrogens (tertiary/aromatic N) is 5. The normalized spacial score (nSPS) is 11.7. The summed E-state index contributed by atoms with van der Waals surface area (Å²) in [6, 6.07) is 9.68. The molecule has 0 atom stereocenters. The highest BCUT2D eigenvalue weighted by atomic mass is 35.7. The maximum absolute atomic E-state index is 14.1. The van der Waals surface area contributed by atoms with Crippen molar-refractivity contribution in [2.45, 2.75) is 18.4 Å². The van der Waals surface area contributed by atoms with E-state index in [0.29, 0.717) is 22.6 Å². The van der Waals surface area contributed by atoms with Gasteiger partial charge < -0.3 is 4.52 Å². The minimum atomic E-state index is -3.96. The van der Waals surface area contributed by atoms with E-state index in [0.717, 1.165) is 6.20 Å². The molecular formula is C18H13ClFN5O3S. The van der Waals surface area contributed by atoms with E-state index in [2.05, 4.69) is 20.2 Å². The maximum atomic E-state index is 14.1. The molecule has 11 heteroatoms.